The van der Waals surface area contributed by atoms with Crippen molar-refractivity contribution in [2.45, 2.75) is 82.4 Å². The van der Waals surface area contributed by atoms with Gasteiger partial charge in [0.05, 0.1) is 4.90 Å². The molecule has 1 radical (unpaired) electrons. The van der Waals surface area contributed by atoms with Crippen molar-refractivity contribution < 1.29 is 17.6 Å². The molecule has 0 aliphatic heterocycles. The van der Waals surface area contributed by atoms with E-state index in [-0.39, 0.29) is 34.5 Å². The van der Waals surface area contributed by atoms with Crippen molar-refractivity contribution in [3.05, 3.63) is 60.2 Å². The van der Waals surface area contributed by atoms with Gasteiger partial charge in [-0.2, -0.15) is 8.42 Å². The second-order valence-electron chi connectivity index (χ2n) is 7.46. The Labute approximate surface area is 204 Å². The third-order valence-corrected chi connectivity index (χ3v) is 6.11. The van der Waals surface area contributed by atoms with Gasteiger partial charge in [-0.3, -0.25) is 0 Å². The van der Waals surface area contributed by atoms with E-state index in [1.807, 2.05) is 18.2 Å². The van der Waals surface area contributed by atoms with E-state index in [0.717, 1.165) is 18.4 Å². The second kappa shape index (κ2) is 15.9. The predicted molar refractivity (Wildman–Crippen MR) is 123 cm³/mol. The molecule has 0 atom stereocenters. The number of benzene rings is 2. The Hall–Kier alpha value is -0.850. The van der Waals surface area contributed by atoms with Gasteiger partial charge in [0.1, 0.15) is 0 Å². The number of hydrogen-bond donors (Lipinski definition) is 0. The minimum Gasteiger partial charge on any atom is -0.320 e. The average Bonchev–Trinajstić information content (AvgIpc) is 2.75. The smallest absolute Gasteiger partial charge is 0.320 e. The van der Waals surface area contributed by atoms with E-state index in [4.69, 9.17) is 9.22 Å². The molecule has 0 unspecified atom stereocenters. The van der Waals surface area contributed by atoms with Gasteiger partial charge >= 0.3 is 10.1 Å². The molecule has 0 fully saturated rings. The first kappa shape index (κ1) is 27.2. The van der Waals surface area contributed by atoms with Crippen LogP contribution in [0.15, 0.2) is 59.5 Å². The Bertz CT molecular complexity index is 794. The molecule has 0 saturated carbocycles. The van der Waals surface area contributed by atoms with Crippen molar-refractivity contribution in [3.63, 3.8) is 0 Å². The van der Waals surface area contributed by atoms with E-state index in [1.54, 1.807) is 24.3 Å². The van der Waals surface area contributed by atoms with Crippen LogP contribution in [0.3, 0.4) is 0 Å². The summed E-state index contributed by atoms with van der Waals surface area (Å²) in [5.74, 6) is 0.461. The van der Waals surface area contributed by atoms with E-state index in [1.165, 1.54) is 69.9 Å². The van der Waals surface area contributed by atoms with Crippen molar-refractivity contribution in [2.75, 3.05) is 0 Å². The van der Waals surface area contributed by atoms with E-state index in [9.17, 15) is 8.42 Å². The summed E-state index contributed by atoms with van der Waals surface area (Å²) in [6.07, 6.45) is 13.7. The molecule has 161 valence electrons. The molecule has 4 nitrogen and oxygen atoms in total. The molecule has 2 aromatic carbocycles. The third kappa shape index (κ3) is 10.5. The molecule has 2 aromatic rings. The van der Waals surface area contributed by atoms with E-state index in [2.05, 4.69) is 6.92 Å². The van der Waals surface area contributed by atoms with Crippen molar-refractivity contribution >= 4 is 39.7 Å². The average molecular weight is 442 g/mol. The number of para-hydroxylation sites is 1. The Morgan fingerprint density at radius 2 is 1.23 bits per heavy atom. The van der Waals surface area contributed by atoms with Crippen LogP contribution in [-0.2, 0) is 20.9 Å². The molecule has 0 heterocycles. The first-order chi connectivity index (χ1) is 14.1. The monoisotopic (exact) mass is 441 g/mol. The first-order valence-corrected chi connectivity index (χ1v) is 12.3. The molecule has 0 bridgehead atoms. The fourth-order valence-electron chi connectivity index (χ4n) is 3.30. The van der Waals surface area contributed by atoms with Gasteiger partial charge in [-0.15, -0.1) is 0 Å². The zero-order valence-corrected chi connectivity index (χ0v) is 21.3. The molecule has 0 aliphatic carbocycles. The van der Waals surface area contributed by atoms with Gasteiger partial charge in [-0.1, -0.05) is 105 Å². The second-order valence-corrected chi connectivity index (χ2v) is 8.97. The summed E-state index contributed by atoms with van der Waals surface area (Å²) >= 11 is 0. The summed E-state index contributed by atoms with van der Waals surface area (Å²) in [6.45, 7) is 2.25. The Kier molecular flexibility index (Phi) is 14.4. The van der Waals surface area contributed by atoms with Crippen LogP contribution in [0.5, 0.6) is 5.75 Å². The quantitative estimate of drug-likeness (QED) is 0.138. The molecule has 2 rings (SSSR count). The van der Waals surface area contributed by atoms with Crippen LogP contribution in [0.25, 0.3) is 0 Å². The zero-order valence-electron chi connectivity index (χ0n) is 18.5. The maximum Gasteiger partial charge on any atom is 0.332 e. The fourth-order valence-corrected chi connectivity index (χ4v) is 4.03. The maximum atomic E-state index is 12.2. The number of aryl methyl sites for hydroxylation is 1. The van der Waals surface area contributed by atoms with Gasteiger partial charge in [-0.25, -0.2) is 0 Å². The molecule has 0 spiro atoms. The fraction of sp³-hybridized carbons (Fsp3) is 0.500. The van der Waals surface area contributed by atoms with Crippen LogP contribution in [0.4, 0.5) is 0 Å². The van der Waals surface area contributed by atoms with Crippen molar-refractivity contribution in [1.29, 1.82) is 0 Å². The van der Waals surface area contributed by atoms with E-state index < -0.39 is 10.1 Å². The Morgan fingerprint density at radius 1 is 0.700 bits per heavy atom. The van der Waals surface area contributed by atoms with Crippen LogP contribution in [-0.4, -0.2) is 38.0 Å². The van der Waals surface area contributed by atoms with Crippen molar-refractivity contribution in [1.82, 2.24) is 0 Å². The zero-order chi connectivity index (χ0) is 20.8. The summed E-state index contributed by atoms with van der Waals surface area (Å²) in [5, 5.41) is 0. The third-order valence-electron chi connectivity index (χ3n) is 5.02. The summed E-state index contributed by atoms with van der Waals surface area (Å²) in [7, 11) is -3.94. The van der Waals surface area contributed by atoms with Gasteiger partial charge in [0, 0.05) is 29.6 Å². The number of hydrogen-bond acceptors (Lipinski definition) is 4. The summed E-state index contributed by atoms with van der Waals surface area (Å²) in [5.41, 5.74) is 0.968. The van der Waals surface area contributed by atoms with Gasteiger partial charge in [0.15, 0.2) is 5.75 Å². The molecule has 0 aliphatic rings. The van der Waals surface area contributed by atoms with Crippen molar-refractivity contribution in [3.8, 4) is 5.75 Å². The van der Waals surface area contributed by atoms with Crippen LogP contribution in [0.1, 0.15) is 76.7 Å². The molecule has 0 aromatic heterocycles. The first-order valence-electron chi connectivity index (χ1n) is 10.9. The minimum atomic E-state index is -3.94. The molecule has 0 amide bonds. The van der Waals surface area contributed by atoms with Gasteiger partial charge < -0.3 is 4.89 Å². The SMILES string of the molecule is CCCCCCCCCCCCc1ccccc1OOS(=O)(=O)c1ccccc1.[Na]. The number of rotatable bonds is 15. The molecular weight excluding hydrogens is 407 g/mol. The van der Waals surface area contributed by atoms with Crippen LogP contribution < -0.4 is 4.89 Å². The molecule has 0 N–H and O–H groups in total. The topological polar surface area (TPSA) is 52.6 Å². The van der Waals surface area contributed by atoms with Gasteiger partial charge in [0.2, 0.25) is 0 Å². The van der Waals surface area contributed by atoms with Crippen molar-refractivity contribution in [2.24, 2.45) is 0 Å². The van der Waals surface area contributed by atoms with E-state index in [0.29, 0.717) is 5.75 Å². The Morgan fingerprint density at radius 3 is 1.87 bits per heavy atom. The molecule has 0 saturated heterocycles. The summed E-state index contributed by atoms with van der Waals surface area (Å²) in [4.78, 5) is 5.29. The molecular formula is C24H34NaO4S. The molecule has 30 heavy (non-hydrogen) atoms. The van der Waals surface area contributed by atoms with Crippen LogP contribution in [0, 0.1) is 0 Å². The minimum absolute atomic E-state index is 0. The largest absolute Gasteiger partial charge is 0.332 e. The summed E-state index contributed by atoms with van der Waals surface area (Å²) < 4.78 is 29.2. The molecule has 6 heteroatoms. The number of unbranched alkanes of at least 4 members (excludes halogenated alkanes) is 9. The predicted octanol–water partition coefficient (Wildman–Crippen LogP) is 6.47. The van der Waals surface area contributed by atoms with Gasteiger partial charge in [0.25, 0.3) is 0 Å². The normalized spacial score (nSPS) is 11.1. The van der Waals surface area contributed by atoms with Gasteiger partial charge in [-0.05, 0) is 36.6 Å². The summed E-state index contributed by atoms with van der Waals surface area (Å²) in [6, 6.07) is 15.5. The van der Waals surface area contributed by atoms with E-state index >= 15 is 0 Å². The Balaban J connectivity index is 0.00000450. The standard InChI is InChI=1S/C24H34O4S.Na/c1-2-3-4-5-6-7-8-9-10-12-17-22-18-15-16-21-24(22)27-28-29(25,26)23-19-13-11-14-20-23;/h11,13-16,18-21H,2-10,12,17H2,1H3;. The van der Waals surface area contributed by atoms with Crippen LogP contribution in [0.2, 0.25) is 0 Å². The van der Waals surface area contributed by atoms with Crippen LogP contribution >= 0.6 is 0 Å². The maximum absolute atomic E-state index is 12.2.